The standard InChI is InChI=1S/C14H18Cl3NO/c1-8(2)10-6-5-7-11(9(3)4)12(10)18-13(19)14(15,16)17/h5-9H,1-4H3,(H,18,19). The van der Waals surface area contributed by atoms with E-state index in [1.54, 1.807) is 0 Å². The summed E-state index contributed by atoms with van der Waals surface area (Å²) >= 11 is 16.8. The maximum absolute atomic E-state index is 11.9. The van der Waals surface area contributed by atoms with Crippen molar-refractivity contribution in [3.63, 3.8) is 0 Å². The molecule has 1 N–H and O–H groups in total. The van der Waals surface area contributed by atoms with Crippen LogP contribution in [0.3, 0.4) is 0 Å². The Labute approximate surface area is 129 Å². The van der Waals surface area contributed by atoms with Crippen LogP contribution in [0.15, 0.2) is 18.2 Å². The Balaban J connectivity index is 3.26. The average Bonchev–Trinajstić information content (AvgIpc) is 2.27. The van der Waals surface area contributed by atoms with Gasteiger partial charge in [-0.2, -0.15) is 0 Å². The number of amides is 1. The number of hydrogen-bond acceptors (Lipinski definition) is 1. The number of halogens is 3. The molecule has 1 aromatic rings. The van der Waals surface area contributed by atoms with Crippen LogP contribution in [0.25, 0.3) is 0 Å². The van der Waals surface area contributed by atoms with Gasteiger partial charge in [-0.05, 0) is 23.0 Å². The Kier molecular flexibility index (Phi) is 5.54. The summed E-state index contributed by atoms with van der Waals surface area (Å²) < 4.78 is -1.96. The molecule has 106 valence electrons. The summed E-state index contributed by atoms with van der Waals surface area (Å²) in [6.45, 7) is 8.24. The summed E-state index contributed by atoms with van der Waals surface area (Å²) in [7, 11) is 0. The third-order valence-corrected chi connectivity index (χ3v) is 3.38. The summed E-state index contributed by atoms with van der Waals surface area (Å²) in [4.78, 5) is 11.9. The topological polar surface area (TPSA) is 29.1 Å². The maximum Gasteiger partial charge on any atom is 0.276 e. The number of carbonyl (C=O) groups is 1. The molecule has 1 aromatic carbocycles. The van der Waals surface area contributed by atoms with E-state index in [4.69, 9.17) is 34.8 Å². The maximum atomic E-state index is 11.9. The second kappa shape index (κ2) is 6.34. The van der Waals surface area contributed by atoms with Gasteiger partial charge in [0.1, 0.15) is 0 Å². The van der Waals surface area contributed by atoms with Crippen molar-refractivity contribution in [2.75, 3.05) is 5.32 Å². The van der Waals surface area contributed by atoms with E-state index in [1.165, 1.54) is 0 Å². The minimum absolute atomic E-state index is 0.268. The highest BCUT2D eigenvalue weighted by molar-refractivity contribution is 6.76. The molecule has 19 heavy (non-hydrogen) atoms. The van der Waals surface area contributed by atoms with Gasteiger partial charge in [0.25, 0.3) is 9.70 Å². The minimum atomic E-state index is -1.96. The highest BCUT2D eigenvalue weighted by Crippen LogP contribution is 2.35. The predicted molar refractivity (Wildman–Crippen MR) is 83.5 cm³/mol. The smallest absolute Gasteiger partial charge is 0.276 e. The zero-order chi connectivity index (χ0) is 14.8. The van der Waals surface area contributed by atoms with Crippen LogP contribution in [-0.4, -0.2) is 9.70 Å². The second-order valence-corrected chi connectivity index (χ2v) is 7.35. The number of hydrogen-bond donors (Lipinski definition) is 1. The number of carbonyl (C=O) groups excluding carboxylic acids is 1. The molecule has 0 aliphatic carbocycles. The molecule has 0 bridgehead atoms. The van der Waals surface area contributed by atoms with E-state index >= 15 is 0 Å². The zero-order valence-electron chi connectivity index (χ0n) is 11.4. The van der Waals surface area contributed by atoms with Crippen molar-refractivity contribution >= 4 is 46.4 Å². The predicted octanol–water partition coefficient (Wildman–Crippen LogP) is 5.24. The molecule has 0 aromatic heterocycles. The van der Waals surface area contributed by atoms with Gasteiger partial charge < -0.3 is 5.32 Å². The lowest BCUT2D eigenvalue weighted by molar-refractivity contribution is -0.115. The second-order valence-electron chi connectivity index (χ2n) is 5.07. The lowest BCUT2D eigenvalue weighted by Crippen LogP contribution is -2.28. The van der Waals surface area contributed by atoms with Crippen LogP contribution in [0.4, 0.5) is 5.69 Å². The van der Waals surface area contributed by atoms with Gasteiger partial charge in [0.15, 0.2) is 0 Å². The monoisotopic (exact) mass is 321 g/mol. The molecule has 0 saturated carbocycles. The lowest BCUT2D eigenvalue weighted by atomic mass is 9.92. The van der Waals surface area contributed by atoms with Crippen molar-refractivity contribution in [3.8, 4) is 0 Å². The Morgan fingerprint density at radius 2 is 1.47 bits per heavy atom. The van der Waals surface area contributed by atoms with E-state index in [2.05, 4.69) is 33.0 Å². The fraction of sp³-hybridized carbons (Fsp3) is 0.500. The molecule has 1 amide bonds. The van der Waals surface area contributed by atoms with Crippen LogP contribution < -0.4 is 5.32 Å². The number of anilines is 1. The van der Waals surface area contributed by atoms with Gasteiger partial charge in [0.2, 0.25) is 0 Å². The van der Waals surface area contributed by atoms with Crippen LogP contribution in [-0.2, 0) is 4.79 Å². The summed E-state index contributed by atoms with van der Waals surface area (Å²) in [5, 5.41) is 2.75. The molecule has 0 fully saturated rings. The van der Waals surface area contributed by atoms with Gasteiger partial charge in [0, 0.05) is 5.69 Å². The van der Waals surface area contributed by atoms with Crippen molar-refractivity contribution in [3.05, 3.63) is 29.3 Å². The van der Waals surface area contributed by atoms with E-state index in [0.29, 0.717) is 0 Å². The zero-order valence-corrected chi connectivity index (χ0v) is 13.7. The molecule has 0 atom stereocenters. The van der Waals surface area contributed by atoms with E-state index < -0.39 is 9.70 Å². The summed E-state index contributed by atoms with van der Waals surface area (Å²) in [6.07, 6.45) is 0. The van der Waals surface area contributed by atoms with Gasteiger partial charge in [-0.25, -0.2) is 0 Å². The first-order chi connectivity index (χ1) is 8.64. The summed E-state index contributed by atoms with van der Waals surface area (Å²) in [5.41, 5.74) is 2.83. The number of alkyl halides is 3. The van der Waals surface area contributed by atoms with Gasteiger partial charge in [0.05, 0.1) is 0 Å². The average molecular weight is 323 g/mol. The van der Waals surface area contributed by atoms with Gasteiger partial charge in [-0.15, -0.1) is 0 Å². The third kappa shape index (κ3) is 4.27. The molecule has 2 nitrogen and oxygen atoms in total. The Bertz CT molecular complexity index is 438. The molecular formula is C14H18Cl3NO. The van der Waals surface area contributed by atoms with Gasteiger partial charge in [-0.1, -0.05) is 80.7 Å². The molecule has 0 radical (unpaired) electrons. The first-order valence-corrected chi connectivity index (χ1v) is 7.29. The van der Waals surface area contributed by atoms with Crippen molar-refractivity contribution in [1.29, 1.82) is 0 Å². The molecular weight excluding hydrogens is 305 g/mol. The van der Waals surface area contributed by atoms with Gasteiger partial charge >= 0.3 is 0 Å². The normalized spacial score (nSPS) is 12.1. The van der Waals surface area contributed by atoms with E-state index in [0.717, 1.165) is 16.8 Å². The first-order valence-electron chi connectivity index (χ1n) is 6.15. The fourth-order valence-electron chi connectivity index (χ4n) is 1.88. The third-order valence-electron chi connectivity index (χ3n) is 2.87. The molecule has 0 unspecified atom stereocenters. The number of para-hydroxylation sites is 1. The number of rotatable bonds is 3. The molecule has 0 aliphatic heterocycles. The SMILES string of the molecule is CC(C)c1cccc(C(C)C)c1NC(=O)C(Cl)(Cl)Cl. The number of nitrogens with one attached hydrogen (secondary N) is 1. The molecule has 5 heteroatoms. The Morgan fingerprint density at radius 3 is 1.79 bits per heavy atom. The van der Waals surface area contributed by atoms with E-state index in [1.807, 2.05) is 18.2 Å². The van der Waals surface area contributed by atoms with Crippen molar-refractivity contribution in [2.24, 2.45) is 0 Å². The molecule has 0 saturated heterocycles. The van der Waals surface area contributed by atoms with E-state index in [-0.39, 0.29) is 11.8 Å². The van der Waals surface area contributed by atoms with Crippen LogP contribution in [0.5, 0.6) is 0 Å². The van der Waals surface area contributed by atoms with Crippen LogP contribution in [0, 0.1) is 0 Å². The highest BCUT2D eigenvalue weighted by atomic mass is 35.6. The van der Waals surface area contributed by atoms with Crippen LogP contribution in [0.2, 0.25) is 0 Å². The van der Waals surface area contributed by atoms with Gasteiger partial charge in [-0.3, -0.25) is 4.79 Å². The summed E-state index contributed by atoms with van der Waals surface area (Å²) in [6, 6.07) is 5.94. The summed E-state index contributed by atoms with van der Waals surface area (Å²) in [5.74, 6) is -0.0961. The quantitative estimate of drug-likeness (QED) is 0.757. The Hall–Kier alpha value is -0.440. The first kappa shape index (κ1) is 16.6. The molecule has 0 heterocycles. The van der Waals surface area contributed by atoms with Crippen molar-refractivity contribution in [2.45, 2.75) is 43.3 Å². The minimum Gasteiger partial charge on any atom is -0.322 e. The number of benzene rings is 1. The molecule has 1 rings (SSSR count). The fourth-order valence-corrected chi connectivity index (χ4v) is 2.02. The Morgan fingerprint density at radius 1 is 1.05 bits per heavy atom. The van der Waals surface area contributed by atoms with Crippen molar-refractivity contribution in [1.82, 2.24) is 0 Å². The van der Waals surface area contributed by atoms with Crippen LogP contribution >= 0.6 is 34.8 Å². The molecule has 0 spiro atoms. The lowest BCUT2D eigenvalue weighted by Gasteiger charge is -2.21. The molecule has 0 aliphatic rings. The largest absolute Gasteiger partial charge is 0.322 e. The van der Waals surface area contributed by atoms with Crippen LogP contribution in [0.1, 0.15) is 50.7 Å². The highest BCUT2D eigenvalue weighted by Gasteiger charge is 2.31. The van der Waals surface area contributed by atoms with Crippen molar-refractivity contribution < 1.29 is 4.79 Å². The van der Waals surface area contributed by atoms with E-state index in [9.17, 15) is 4.79 Å².